The van der Waals surface area contributed by atoms with Crippen molar-refractivity contribution in [3.63, 3.8) is 0 Å². The number of aliphatic hydroxyl groups excluding tert-OH is 1. The second-order valence-electron chi connectivity index (χ2n) is 4.23. The highest BCUT2D eigenvalue weighted by Crippen LogP contribution is 2.20. The Labute approximate surface area is 92.0 Å². The van der Waals surface area contributed by atoms with Gasteiger partial charge in [-0.2, -0.15) is 0 Å². The fourth-order valence-electron chi connectivity index (χ4n) is 2.06. The van der Waals surface area contributed by atoms with Crippen LogP contribution in [0.15, 0.2) is 0 Å². The lowest BCUT2D eigenvalue weighted by atomic mass is 9.93. The molecule has 1 saturated carbocycles. The second kappa shape index (κ2) is 7.17. The Kier molecular flexibility index (Phi) is 6.17. The summed E-state index contributed by atoms with van der Waals surface area (Å²) in [5, 5.41) is 12.8. The van der Waals surface area contributed by atoms with Gasteiger partial charge in [0.25, 0.3) is 0 Å². The van der Waals surface area contributed by atoms with Crippen molar-refractivity contribution in [2.24, 2.45) is 0 Å². The smallest absolute Gasteiger partial charge is 0.0897 e. The molecule has 0 radical (unpaired) electrons. The number of aliphatic hydroxyl groups is 1. The summed E-state index contributed by atoms with van der Waals surface area (Å²) in [6.45, 7) is 1.02. The van der Waals surface area contributed by atoms with Crippen LogP contribution in [-0.2, 0) is 9.47 Å². The van der Waals surface area contributed by atoms with Crippen LogP contribution in [0.5, 0.6) is 0 Å². The normalized spacial score (nSPS) is 29.0. The Morgan fingerprint density at radius 3 is 2.47 bits per heavy atom. The van der Waals surface area contributed by atoms with Crippen LogP contribution < -0.4 is 5.32 Å². The predicted molar refractivity (Wildman–Crippen MR) is 58.9 cm³/mol. The van der Waals surface area contributed by atoms with Crippen molar-refractivity contribution in [3.05, 3.63) is 0 Å². The first kappa shape index (κ1) is 12.9. The van der Waals surface area contributed by atoms with Crippen LogP contribution in [0.1, 0.15) is 25.7 Å². The minimum Gasteiger partial charge on any atom is -0.389 e. The van der Waals surface area contributed by atoms with Gasteiger partial charge < -0.3 is 19.9 Å². The van der Waals surface area contributed by atoms with Crippen LogP contribution in [0.25, 0.3) is 0 Å². The monoisotopic (exact) mass is 217 g/mol. The quantitative estimate of drug-likeness (QED) is 0.682. The minimum absolute atomic E-state index is 0.393. The van der Waals surface area contributed by atoms with Crippen LogP contribution in [0.4, 0.5) is 0 Å². The molecule has 0 aliphatic heterocycles. The van der Waals surface area contributed by atoms with Gasteiger partial charge in [-0.3, -0.25) is 0 Å². The van der Waals surface area contributed by atoms with Crippen molar-refractivity contribution < 1.29 is 14.6 Å². The van der Waals surface area contributed by atoms with E-state index >= 15 is 0 Å². The van der Waals surface area contributed by atoms with Crippen LogP contribution in [0, 0.1) is 0 Å². The Bertz CT molecular complexity index is 158. The molecule has 0 saturated heterocycles. The summed E-state index contributed by atoms with van der Waals surface area (Å²) in [5.74, 6) is 0. The van der Waals surface area contributed by atoms with E-state index in [0.29, 0.717) is 25.3 Å². The predicted octanol–water partition coefficient (Wildman–Crippen LogP) is 0.541. The van der Waals surface area contributed by atoms with Crippen LogP contribution in [0.2, 0.25) is 0 Å². The lowest BCUT2D eigenvalue weighted by Crippen LogP contribution is -2.40. The lowest BCUT2D eigenvalue weighted by Gasteiger charge is -2.28. The van der Waals surface area contributed by atoms with Gasteiger partial charge in [0.05, 0.1) is 18.8 Å². The number of methoxy groups -OCH3 is 2. The van der Waals surface area contributed by atoms with E-state index in [2.05, 4.69) is 5.32 Å². The average molecular weight is 217 g/mol. The van der Waals surface area contributed by atoms with Gasteiger partial charge in [-0.15, -0.1) is 0 Å². The summed E-state index contributed by atoms with van der Waals surface area (Å²) >= 11 is 0. The molecule has 15 heavy (non-hydrogen) atoms. The molecule has 90 valence electrons. The summed E-state index contributed by atoms with van der Waals surface area (Å²) in [4.78, 5) is 0. The maximum Gasteiger partial charge on any atom is 0.0897 e. The number of hydrogen-bond donors (Lipinski definition) is 2. The molecule has 1 aliphatic carbocycles. The van der Waals surface area contributed by atoms with E-state index in [9.17, 15) is 5.11 Å². The third kappa shape index (κ3) is 4.93. The molecule has 1 unspecified atom stereocenters. The Hall–Kier alpha value is -0.160. The molecule has 0 aromatic rings. The lowest BCUT2D eigenvalue weighted by molar-refractivity contribution is 0.0488. The summed E-state index contributed by atoms with van der Waals surface area (Å²) in [6.07, 6.45) is 4.56. The van der Waals surface area contributed by atoms with Crippen molar-refractivity contribution >= 4 is 0 Å². The van der Waals surface area contributed by atoms with Crippen LogP contribution >= 0.6 is 0 Å². The molecular weight excluding hydrogens is 194 g/mol. The second-order valence-corrected chi connectivity index (χ2v) is 4.23. The van der Waals surface area contributed by atoms with Gasteiger partial charge in [0.1, 0.15) is 0 Å². The third-order valence-electron chi connectivity index (χ3n) is 3.01. The largest absolute Gasteiger partial charge is 0.389 e. The van der Waals surface area contributed by atoms with Gasteiger partial charge in [-0.05, 0) is 25.7 Å². The zero-order valence-corrected chi connectivity index (χ0v) is 9.74. The fraction of sp³-hybridized carbons (Fsp3) is 1.00. The van der Waals surface area contributed by atoms with Crippen LogP contribution in [0.3, 0.4) is 0 Å². The first-order valence-corrected chi connectivity index (χ1v) is 5.69. The molecule has 1 atom stereocenters. The molecule has 1 rings (SSSR count). The maximum atomic E-state index is 9.47. The summed E-state index contributed by atoms with van der Waals surface area (Å²) < 4.78 is 10.2. The van der Waals surface area contributed by atoms with Gasteiger partial charge in [0.2, 0.25) is 0 Å². The number of nitrogens with one attached hydrogen (secondary N) is 1. The topological polar surface area (TPSA) is 50.7 Å². The van der Waals surface area contributed by atoms with Gasteiger partial charge in [-0.25, -0.2) is 0 Å². The molecule has 0 heterocycles. The van der Waals surface area contributed by atoms with Crippen molar-refractivity contribution in [1.29, 1.82) is 0 Å². The van der Waals surface area contributed by atoms with Crippen molar-refractivity contribution in [2.75, 3.05) is 27.4 Å². The standard InChI is InChI=1S/C11H23NO3/c1-14-8-10(13)7-12-9-3-5-11(15-2)6-4-9/h9-13H,3-8H2,1-2H3. The van der Waals surface area contributed by atoms with E-state index in [-0.39, 0.29) is 0 Å². The summed E-state index contributed by atoms with van der Waals surface area (Å²) in [7, 11) is 3.38. The molecule has 0 bridgehead atoms. The average Bonchev–Trinajstić information content (AvgIpc) is 2.27. The van der Waals surface area contributed by atoms with Gasteiger partial charge in [-0.1, -0.05) is 0 Å². The first-order chi connectivity index (χ1) is 7.26. The molecular formula is C11H23NO3. The highest BCUT2D eigenvalue weighted by molar-refractivity contribution is 4.78. The van der Waals surface area contributed by atoms with Gasteiger partial charge in [0.15, 0.2) is 0 Å². The molecule has 0 spiro atoms. The SMILES string of the molecule is COCC(O)CNC1CCC(OC)CC1. The van der Waals surface area contributed by atoms with E-state index in [0.717, 1.165) is 25.7 Å². The highest BCUT2D eigenvalue weighted by atomic mass is 16.5. The van der Waals surface area contributed by atoms with Crippen LogP contribution in [-0.4, -0.2) is 50.7 Å². The molecule has 0 amide bonds. The molecule has 4 heteroatoms. The molecule has 1 fully saturated rings. The zero-order valence-electron chi connectivity index (χ0n) is 9.74. The fourth-order valence-corrected chi connectivity index (χ4v) is 2.06. The molecule has 2 N–H and O–H groups in total. The summed E-state index contributed by atoms with van der Waals surface area (Å²) in [5.41, 5.74) is 0. The van der Waals surface area contributed by atoms with Crippen molar-refractivity contribution in [2.45, 2.75) is 43.9 Å². The van der Waals surface area contributed by atoms with E-state index in [1.54, 1.807) is 14.2 Å². The van der Waals surface area contributed by atoms with Gasteiger partial charge >= 0.3 is 0 Å². The molecule has 0 aromatic carbocycles. The van der Waals surface area contributed by atoms with E-state index in [4.69, 9.17) is 9.47 Å². The molecule has 1 aliphatic rings. The van der Waals surface area contributed by atoms with Gasteiger partial charge in [0, 0.05) is 26.8 Å². The summed E-state index contributed by atoms with van der Waals surface area (Å²) in [6, 6.07) is 0.530. The Morgan fingerprint density at radius 1 is 1.27 bits per heavy atom. The number of rotatable bonds is 6. The molecule has 0 aromatic heterocycles. The number of hydrogen-bond acceptors (Lipinski definition) is 4. The first-order valence-electron chi connectivity index (χ1n) is 5.69. The van der Waals surface area contributed by atoms with Crippen molar-refractivity contribution in [1.82, 2.24) is 5.32 Å². The van der Waals surface area contributed by atoms with E-state index in [1.807, 2.05) is 0 Å². The zero-order chi connectivity index (χ0) is 11.1. The number of ether oxygens (including phenoxy) is 2. The Morgan fingerprint density at radius 2 is 1.93 bits per heavy atom. The van der Waals surface area contributed by atoms with Crippen molar-refractivity contribution in [3.8, 4) is 0 Å². The van der Waals surface area contributed by atoms with E-state index in [1.165, 1.54) is 0 Å². The molecule has 4 nitrogen and oxygen atoms in total. The Balaban J connectivity index is 2.08. The maximum absolute atomic E-state index is 9.47. The minimum atomic E-state index is -0.393. The van der Waals surface area contributed by atoms with E-state index < -0.39 is 6.10 Å². The third-order valence-corrected chi connectivity index (χ3v) is 3.01. The highest BCUT2D eigenvalue weighted by Gasteiger charge is 2.20.